The van der Waals surface area contributed by atoms with E-state index >= 15 is 0 Å². The summed E-state index contributed by atoms with van der Waals surface area (Å²) in [6.07, 6.45) is 0. The minimum absolute atomic E-state index is 0.396. The van der Waals surface area contributed by atoms with Gasteiger partial charge in [-0.2, -0.15) is 0 Å². The lowest BCUT2D eigenvalue weighted by Gasteiger charge is -2.33. The fourth-order valence-electron chi connectivity index (χ4n) is 2.06. The zero-order valence-electron chi connectivity index (χ0n) is 11.6. The first-order valence-corrected chi connectivity index (χ1v) is 8.31. The molecule has 0 atom stereocenters. The summed E-state index contributed by atoms with van der Waals surface area (Å²) in [5.41, 5.74) is -0.396. The average Bonchev–Trinajstić information content (AvgIpc) is 2.39. The van der Waals surface area contributed by atoms with Crippen LogP contribution >= 0.6 is 0 Å². The SMILES string of the molecule is CC(C)(C)O[Si](O)(c1ccccc1)c1ccccc1. The average molecular weight is 272 g/mol. The predicted molar refractivity (Wildman–Crippen MR) is 81.0 cm³/mol. The van der Waals surface area contributed by atoms with E-state index in [0.717, 1.165) is 10.4 Å². The minimum atomic E-state index is -3.14. The Morgan fingerprint density at radius 2 is 1.16 bits per heavy atom. The van der Waals surface area contributed by atoms with E-state index in [0.29, 0.717) is 0 Å². The van der Waals surface area contributed by atoms with E-state index in [4.69, 9.17) is 4.43 Å². The van der Waals surface area contributed by atoms with Gasteiger partial charge < -0.3 is 9.22 Å². The highest BCUT2D eigenvalue weighted by atomic mass is 28.4. The molecule has 0 fully saturated rings. The monoisotopic (exact) mass is 272 g/mol. The maximum atomic E-state index is 11.2. The van der Waals surface area contributed by atoms with Gasteiger partial charge in [-0.15, -0.1) is 0 Å². The van der Waals surface area contributed by atoms with Gasteiger partial charge in [-0.25, -0.2) is 0 Å². The third-order valence-electron chi connectivity index (χ3n) is 2.78. The lowest BCUT2D eigenvalue weighted by atomic mass is 10.2. The molecule has 0 unspecified atom stereocenters. The predicted octanol–water partition coefficient (Wildman–Crippen LogP) is 2.05. The zero-order valence-corrected chi connectivity index (χ0v) is 12.6. The van der Waals surface area contributed by atoms with Crippen LogP contribution in [0.5, 0.6) is 0 Å². The molecule has 0 saturated carbocycles. The lowest BCUT2D eigenvalue weighted by Crippen LogP contribution is -2.63. The number of hydrogen-bond acceptors (Lipinski definition) is 2. The molecule has 19 heavy (non-hydrogen) atoms. The van der Waals surface area contributed by atoms with Gasteiger partial charge in [0.1, 0.15) is 0 Å². The first-order valence-electron chi connectivity index (χ1n) is 6.45. The summed E-state index contributed by atoms with van der Waals surface area (Å²) >= 11 is 0. The topological polar surface area (TPSA) is 29.5 Å². The minimum Gasteiger partial charge on any atom is -0.404 e. The highest BCUT2D eigenvalue weighted by molar-refractivity contribution is 6.91. The van der Waals surface area contributed by atoms with Crippen LogP contribution in [0.4, 0.5) is 0 Å². The first-order chi connectivity index (χ1) is 8.92. The Kier molecular flexibility index (Phi) is 3.90. The molecule has 0 aliphatic carbocycles. The van der Waals surface area contributed by atoms with Gasteiger partial charge in [0.25, 0.3) is 0 Å². The molecule has 0 aromatic heterocycles. The van der Waals surface area contributed by atoms with Crippen molar-refractivity contribution in [1.29, 1.82) is 0 Å². The molecule has 0 spiro atoms. The summed E-state index contributed by atoms with van der Waals surface area (Å²) in [6.45, 7) is 5.91. The third kappa shape index (κ3) is 3.32. The Hall–Kier alpha value is -1.42. The molecule has 2 nitrogen and oxygen atoms in total. The van der Waals surface area contributed by atoms with Crippen LogP contribution in [0, 0.1) is 0 Å². The van der Waals surface area contributed by atoms with Gasteiger partial charge >= 0.3 is 8.56 Å². The second kappa shape index (κ2) is 5.29. The van der Waals surface area contributed by atoms with Gasteiger partial charge in [-0.1, -0.05) is 60.7 Å². The van der Waals surface area contributed by atoms with Crippen LogP contribution in [-0.4, -0.2) is 19.0 Å². The summed E-state index contributed by atoms with van der Waals surface area (Å²) in [4.78, 5) is 11.2. The van der Waals surface area contributed by atoms with Crippen molar-refractivity contribution in [3.8, 4) is 0 Å². The third-order valence-corrected chi connectivity index (χ3v) is 5.92. The molecular formula is C16H20O2Si. The summed E-state index contributed by atoms with van der Waals surface area (Å²) < 4.78 is 6.09. The van der Waals surface area contributed by atoms with Crippen molar-refractivity contribution >= 4 is 18.9 Å². The van der Waals surface area contributed by atoms with Gasteiger partial charge in [0.2, 0.25) is 0 Å². The quantitative estimate of drug-likeness (QED) is 0.867. The molecule has 3 heteroatoms. The molecule has 0 heterocycles. The Morgan fingerprint density at radius 1 is 0.789 bits per heavy atom. The van der Waals surface area contributed by atoms with Gasteiger partial charge in [0, 0.05) is 0 Å². The van der Waals surface area contributed by atoms with E-state index in [1.54, 1.807) is 0 Å². The van der Waals surface area contributed by atoms with Crippen LogP contribution in [0.1, 0.15) is 20.8 Å². The van der Waals surface area contributed by atoms with Gasteiger partial charge in [0.15, 0.2) is 0 Å². The molecule has 2 aromatic carbocycles. The molecular weight excluding hydrogens is 252 g/mol. The van der Waals surface area contributed by atoms with Crippen LogP contribution in [0.15, 0.2) is 60.7 Å². The molecule has 0 saturated heterocycles. The van der Waals surface area contributed by atoms with Crippen LogP contribution in [0.3, 0.4) is 0 Å². The number of hydrogen-bond donors (Lipinski definition) is 1. The molecule has 0 aliphatic heterocycles. The second-order valence-electron chi connectivity index (χ2n) is 5.59. The molecule has 100 valence electrons. The smallest absolute Gasteiger partial charge is 0.404 e. The standard InChI is InChI=1S/C16H20O2Si/c1-16(2,3)18-19(17,14-10-6-4-7-11-14)15-12-8-5-9-13-15/h4-13,17H,1-3H3. The highest BCUT2D eigenvalue weighted by Gasteiger charge is 2.42. The van der Waals surface area contributed by atoms with Crippen molar-refractivity contribution in [2.24, 2.45) is 0 Å². The van der Waals surface area contributed by atoms with E-state index in [-0.39, 0.29) is 0 Å². The molecule has 1 N–H and O–H groups in total. The van der Waals surface area contributed by atoms with Crippen molar-refractivity contribution in [3.63, 3.8) is 0 Å². The molecule has 2 rings (SSSR count). The van der Waals surface area contributed by atoms with Crippen LogP contribution in [-0.2, 0) is 4.43 Å². The van der Waals surface area contributed by atoms with E-state index < -0.39 is 14.2 Å². The number of rotatable bonds is 3. The second-order valence-corrected chi connectivity index (χ2v) is 8.24. The van der Waals surface area contributed by atoms with Gasteiger partial charge in [0.05, 0.1) is 5.60 Å². The van der Waals surface area contributed by atoms with Crippen molar-refractivity contribution in [2.45, 2.75) is 26.4 Å². The zero-order chi connectivity index (χ0) is 13.9. The van der Waals surface area contributed by atoms with E-state index in [1.165, 1.54) is 0 Å². The summed E-state index contributed by atoms with van der Waals surface area (Å²) in [5.74, 6) is 0. The molecule has 0 amide bonds. The maximum absolute atomic E-state index is 11.2. The van der Waals surface area contributed by atoms with E-state index in [1.807, 2.05) is 81.4 Å². The van der Waals surface area contributed by atoms with Crippen molar-refractivity contribution in [2.75, 3.05) is 0 Å². The molecule has 0 radical (unpaired) electrons. The molecule has 0 bridgehead atoms. The Bertz CT molecular complexity index is 478. The largest absolute Gasteiger partial charge is 0.404 e. The van der Waals surface area contributed by atoms with Gasteiger partial charge in [-0.05, 0) is 31.1 Å². The Balaban J connectivity index is 2.51. The summed E-state index contributed by atoms with van der Waals surface area (Å²) in [7, 11) is -3.14. The van der Waals surface area contributed by atoms with Crippen LogP contribution in [0.25, 0.3) is 0 Å². The lowest BCUT2D eigenvalue weighted by molar-refractivity contribution is 0.0975. The first kappa shape index (κ1) is 14.0. The van der Waals surface area contributed by atoms with Crippen molar-refractivity contribution in [3.05, 3.63) is 60.7 Å². The normalized spacial score (nSPS) is 12.4. The summed E-state index contributed by atoms with van der Waals surface area (Å²) in [5, 5.41) is 1.74. The van der Waals surface area contributed by atoms with Crippen LogP contribution < -0.4 is 10.4 Å². The van der Waals surface area contributed by atoms with Crippen molar-refractivity contribution < 1.29 is 9.22 Å². The summed E-state index contributed by atoms with van der Waals surface area (Å²) in [6, 6.07) is 19.4. The maximum Gasteiger partial charge on any atom is 0.404 e. The fourth-order valence-corrected chi connectivity index (χ4v) is 4.80. The van der Waals surface area contributed by atoms with Crippen molar-refractivity contribution in [1.82, 2.24) is 0 Å². The van der Waals surface area contributed by atoms with E-state index in [9.17, 15) is 4.80 Å². The fraction of sp³-hybridized carbons (Fsp3) is 0.250. The molecule has 0 aliphatic rings. The highest BCUT2D eigenvalue weighted by Crippen LogP contribution is 2.15. The Morgan fingerprint density at radius 3 is 1.47 bits per heavy atom. The number of benzene rings is 2. The van der Waals surface area contributed by atoms with Crippen LogP contribution in [0.2, 0.25) is 0 Å². The molecule has 2 aromatic rings. The van der Waals surface area contributed by atoms with Gasteiger partial charge in [-0.3, -0.25) is 0 Å². The van der Waals surface area contributed by atoms with E-state index in [2.05, 4.69) is 0 Å². The Labute approximate surface area is 115 Å².